The molecule has 0 spiro atoms. The normalized spacial score (nSPS) is 17.3. The van der Waals surface area contributed by atoms with Crippen LogP contribution in [0.25, 0.3) is 0 Å². The highest BCUT2D eigenvalue weighted by atomic mass is 32.1. The number of benzene rings is 1. The number of aromatic nitrogens is 1. The number of hydrogen-bond acceptors (Lipinski definition) is 7. The molecule has 2 aliphatic rings. The minimum Gasteiger partial charge on any atom is -0.464 e. The molecule has 0 bridgehead atoms. The Labute approximate surface area is 238 Å². The number of furan rings is 1. The second-order valence-electron chi connectivity index (χ2n) is 10.9. The smallest absolute Gasteiger partial charge is 0.273 e. The van der Waals surface area contributed by atoms with Crippen molar-refractivity contribution in [1.29, 1.82) is 0 Å². The first-order valence-corrected chi connectivity index (χ1v) is 15.0. The predicted octanol–water partition coefficient (Wildman–Crippen LogP) is 5.61. The molecule has 2 fully saturated rings. The summed E-state index contributed by atoms with van der Waals surface area (Å²) in [5.41, 5.74) is 13.1. The summed E-state index contributed by atoms with van der Waals surface area (Å²) in [5, 5.41) is 3.17. The Morgan fingerprint density at radius 3 is 2.20 bits per heavy atom. The Bertz CT molecular complexity index is 1350. The number of hydrogen-bond donors (Lipinski definition) is 3. The summed E-state index contributed by atoms with van der Waals surface area (Å²) in [5.74, 6) is -0.243. The quantitative estimate of drug-likeness (QED) is 0.325. The van der Waals surface area contributed by atoms with Gasteiger partial charge in [0.1, 0.15) is 16.4 Å². The van der Waals surface area contributed by atoms with E-state index < -0.39 is 17.9 Å². The number of amides is 3. The number of carbonyl (C=O) groups excluding carboxylic acids is 3. The number of nitrogens with zero attached hydrogens (tertiary/aromatic N) is 2. The van der Waals surface area contributed by atoms with Gasteiger partial charge in [-0.3, -0.25) is 19.3 Å². The molecular weight excluding hydrogens is 526 g/mol. The largest absolute Gasteiger partial charge is 0.464 e. The molecule has 5 rings (SSSR count). The van der Waals surface area contributed by atoms with Gasteiger partial charge in [-0.05, 0) is 79.9 Å². The van der Waals surface area contributed by atoms with E-state index in [4.69, 9.17) is 15.9 Å². The molecule has 9 nitrogen and oxygen atoms in total. The first kappa shape index (κ1) is 27.9. The maximum absolute atomic E-state index is 14.2. The van der Waals surface area contributed by atoms with Crippen LogP contribution in [0.5, 0.6) is 0 Å². The zero-order valence-electron chi connectivity index (χ0n) is 22.9. The lowest BCUT2D eigenvalue weighted by molar-refractivity contribution is -0.123. The van der Waals surface area contributed by atoms with Crippen molar-refractivity contribution < 1.29 is 18.8 Å². The molecule has 3 amide bonds. The third-order valence-electron chi connectivity index (χ3n) is 8.11. The van der Waals surface area contributed by atoms with Gasteiger partial charge in [0.05, 0.1) is 5.69 Å². The third kappa shape index (κ3) is 5.91. The predicted molar refractivity (Wildman–Crippen MR) is 155 cm³/mol. The fourth-order valence-electron chi connectivity index (χ4n) is 5.97. The molecular formula is C30H37N5O4S. The van der Waals surface area contributed by atoms with E-state index >= 15 is 0 Å². The summed E-state index contributed by atoms with van der Waals surface area (Å²) < 4.78 is 10.00. The summed E-state index contributed by atoms with van der Waals surface area (Å²) in [6.07, 6.45) is 11.0. The van der Waals surface area contributed by atoms with E-state index in [1.165, 1.54) is 29.7 Å². The van der Waals surface area contributed by atoms with Crippen LogP contribution in [0.1, 0.15) is 113 Å². The summed E-state index contributed by atoms with van der Waals surface area (Å²) in [6, 6.07) is 10.3. The van der Waals surface area contributed by atoms with Crippen molar-refractivity contribution in [3.63, 3.8) is 0 Å². The zero-order valence-corrected chi connectivity index (χ0v) is 23.7. The van der Waals surface area contributed by atoms with E-state index in [1.54, 1.807) is 19.1 Å². The van der Waals surface area contributed by atoms with Gasteiger partial charge in [0.25, 0.3) is 17.7 Å². The molecule has 2 aliphatic carbocycles. The summed E-state index contributed by atoms with van der Waals surface area (Å²) in [6.45, 7) is 1.80. The van der Waals surface area contributed by atoms with Crippen LogP contribution in [0, 0.1) is 6.92 Å². The van der Waals surface area contributed by atoms with Gasteiger partial charge in [-0.15, -0.1) is 0 Å². The molecule has 1 aromatic carbocycles. The average molecular weight is 564 g/mol. The number of anilines is 2. The number of aryl methyl sites for hydroxylation is 1. The lowest BCUT2D eigenvalue weighted by atomic mass is 9.84. The highest BCUT2D eigenvalue weighted by molar-refractivity contribution is 7.09. The average Bonchev–Trinajstić information content (AvgIpc) is 3.57. The molecule has 0 saturated heterocycles. The number of nitrogens with two attached hydrogens (primary N) is 2. The van der Waals surface area contributed by atoms with Crippen LogP contribution in [0.15, 0.2) is 40.8 Å². The van der Waals surface area contributed by atoms with Crippen LogP contribution in [0.3, 0.4) is 0 Å². The SMILES string of the molecule is Cc1ccc(C(C(=O)NC2CCCCC2)N(C(=O)c2snc(C(N)=O)c2N)c2ccc(C3CCCCC3)cc2)o1. The van der Waals surface area contributed by atoms with Gasteiger partial charge in [0.15, 0.2) is 11.7 Å². The van der Waals surface area contributed by atoms with Crippen LogP contribution < -0.4 is 21.7 Å². The molecule has 5 N–H and O–H groups in total. The van der Waals surface area contributed by atoms with Gasteiger partial charge >= 0.3 is 0 Å². The second kappa shape index (κ2) is 12.2. The van der Waals surface area contributed by atoms with Crippen LogP contribution in [-0.4, -0.2) is 28.1 Å². The van der Waals surface area contributed by atoms with E-state index in [1.807, 2.05) is 24.3 Å². The van der Waals surface area contributed by atoms with Crippen LogP contribution in [-0.2, 0) is 4.79 Å². The molecule has 40 heavy (non-hydrogen) atoms. The number of rotatable bonds is 8. The molecule has 2 saturated carbocycles. The van der Waals surface area contributed by atoms with Gasteiger partial charge in [-0.2, -0.15) is 4.37 Å². The Balaban J connectivity index is 1.57. The number of nitrogens with one attached hydrogen (secondary N) is 1. The van der Waals surface area contributed by atoms with Gasteiger partial charge < -0.3 is 21.2 Å². The van der Waals surface area contributed by atoms with Gasteiger partial charge in [-0.1, -0.05) is 50.7 Å². The van der Waals surface area contributed by atoms with Crippen molar-refractivity contribution in [2.24, 2.45) is 5.73 Å². The van der Waals surface area contributed by atoms with E-state index in [0.29, 0.717) is 23.1 Å². The van der Waals surface area contributed by atoms with Crippen LogP contribution >= 0.6 is 11.5 Å². The Kier molecular flexibility index (Phi) is 8.54. The molecule has 10 heteroatoms. The molecule has 0 aliphatic heterocycles. The van der Waals surface area contributed by atoms with Crippen molar-refractivity contribution in [3.05, 3.63) is 64.1 Å². The lowest BCUT2D eigenvalue weighted by Crippen LogP contribution is -2.47. The minimum absolute atomic E-state index is 0.0281. The Hall–Kier alpha value is -3.66. The number of carbonyl (C=O) groups is 3. The Morgan fingerprint density at radius 1 is 0.975 bits per heavy atom. The summed E-state index contributed by atoms with van der Waals surface area (Å²) in [7, 11) is 0. The molecule has 3 aromatic rings. The van der Waals surface area contributed by atoms with Crippen molar-refractivity contribution in [2.75, 3.05) is 10.6 Å². The first-order valence-electron chi connectivity index (χ1n) is 14.2. The summed E-state index contributed by atoms with van der Waals surface area (Å²) in [4.78, 5) is 41.6. The number of nitrogen functional groups attached to an aromatic ring is 1. The van der Waals surface area contributed by atoms with E-state index in [9.17, 15) is 14.4 Å². The molecule has 1 unspecified atom stereocenters. The van der Waals surface area contributed by atoms with Crippen molar-refractivity contribution in [3.8, 4) is 0 Å². The van der Waals surface area contributed by atoms with Crippen molar-refractivity contribution >= 4 is 40.6 Å². The molecule has 2 aromatic heterocycles. The maximum Gasteiger partial charge on any atom is 0.273 e. The van der Waals surface area contributed by atoms with Crippen LogP contribution in [0.2, 0.25) is 0 Å². The van der Waals surface area contributed by atoms with Gasteiger partial charge in [-0.25, -0.2) is 0 Å². The highest BCUT2D eigenvalue weighted by Crippen LogP contribution is 2.37. The van der Waals surface area contributed by atoms with Gasteiger partial charge in [0, 0.05) is 11.7 Å². The fraction of sp³-hybridized carbons (Fsp3) is 0.467. The van der Waals surface area contributed by atoms with Crippen molar-refractivity contribution in [2.45, 2.75) is 89.1 Å². The Morgan fingerprint density at radius 2 is 1.62 bits per heavy atom. The third-order valence-corrected chi connectivity index (χ3v) is 8.96. The molecule has 1 atom stereocenters. The van der Waals surface area contributed by atoms with Gasteiger partial charge in [0.2, 0.25) is 0 Å². The van der Waals surface area contributed by atoms with E-state index in [0.717, 1.165) is 56.5 Å². The lowest BCUT2D eigenvalue weighted by Gasteiger charge is -2.32. The number of primary amides is 1. The maximum atomic E-state index is 14.2. The monoisotopic (exact) mass is 563 g/mol. The molecule has 0 radical (unpaired) electrons. The van der Waals surface area contributed by atoms with Crippen LogP contribution in [0.4, 0.5) is 11.4 Å². The first-order chi connectivity index (χ1) is 19.3. The molecule has 212 valence electrons. The van der Waals surface area contributed by atoms with E-state index in [2.05, 4.69) is 9.69 Å². The second-order valence-corrected chi connectivity index (χ2v) is 11.7. The standard InChI is InChI=1S/C30H37N5O4S/c1-18-12-17-23(39-18)26(29(37)33-21-10-6-3-7-11-21)35(30(38)27-24(31)25(28(32)36)34-40-27)22-15-13-20(14-16-22)19-8-4-2-5-9-19/h12-17,19,21,26H,2-11,31H2,1H3,(H2,32,36)(H,33,37). The topological polar surface area (TPSA) is 145 Å². The van der Waals surface area contributed by atoms with Crippen molar-refractivity contribution in [1.82, 2.24) is 9.69 Å². The minimum atomic E-state index is -1.10. The molecule has 2 heterocycles. The zero-order chi connectivity index (χ0) is 28.2. The fourth-order valence-corrected chi connectivity index (χ4v) is 6.71. The highest BCUT2D eigenvalue weighted by Gasteiger charge is 2.38. The summed E-state index contributed by atoms with van der Waals surface area (Å²) >= 11 is 0.797. The van der Waals surface area contributed by atoms with E-state index in [-0.39, 0.29) is 28.2 Å².